The summed E-state index contributed by atoms with van der Waals surface area (Å²) in [7, 11) is -1.12. The van der Waals surface area contributed by atoms with Crippen molar-refractivity contribution in [2.24, 2.45) is 0 Å². The Morgan fingerprint density at radius 2 is 2.10 bits per heavy atom. The Morgan fingerprint density at radius 3 is 2.71 bits per heavy atom. The van der Waals surface area contributed by atoms with E-state index >= 15 is 0 Å². The molecule has 0 spiro atoms. The Balaban J connectivity index is 2.22. The van der Waals surface area contributed by atoms with Gasteiger partial charge in [-0.15, -0.1) is 0 Å². The molecule has 118 valence electrons. The Kier molecular flexibility index (Phi) is 4.99. The average Bonchev–Trinajstić information content (AvgIpc) is 2.85. The van der Waals surface area contributed by atoms with Crippen molar-refractivity contribution in [1.82, 2.24) is 4.31 Å². The van der Waals surface area contributed by atoms with Crippen LogP contribution in [0, 0.1) is 0 Å². The van der Waals surface area contributed by atoms with E-state index in [1.54, 1.807) is 12.1 Å². The highest BCUT2D eigenvalue weighted by Crippen LogP contribution is 2.37. The van der Waals surface area contributed by atoms with Gasteiger partial charge < -0.3 is 4.74 Å². The smallest absolute Gasteiger partial charge is 0.387 e. The number of nitrogens with zero attached hydrogens (tertiary/aromatic N) is 1. The lowest BCUT2D eigenvalue weighted by Crippen LogP contribution is -2.37. The molecule has 2 atom stereocenters. The number of halogens is 2. The molecular formula is C15H21F2NO2S. The molecule has 1 heterocycles. The van der Waals surface area contributed by atoms with E-state index in [2.05, 4.69) is 4.74 Å². The maximum absolute atomic E-state index is 12.6. The fourth-order valence-corrected chi connectivity index (χ4v) is 3.98. The van der Waals surface area contributed by atoms with E-state index in [9.17, 15) is 13.0 Å². The first-order valence-corrected chi connectivity index (χ1v) is 8.13. The second-order valence-electron chi connectivity index (χ2n) is 6.11. The molecular weight excluding hydrogens is 296 g/mol. The summed E-state index contributed by atoms with van der Waals surface area (Å²) in [6.45, 7) is 3.75. The van der Waals surface area contributed by atoms with Crippen molar-refractivity contribution in [3.8, 4) is 5.75 Å². The van der Waals surface area contributed by atoms with Crippen LogP contribution in [0.2, 0.25) is 0 Å². The Hall–Kier alpha value is -1.01. The van der Waals surface area contributed by atoms with Crippen molar-refractivity contribution in [1.29, 1.82) is 0 Å². The summed E-state index contributed by atoms with van der Waals surface area (Å²) in [5.74, 6) is 0.149. The van der Waals surface area contributed by atoms with Gasteiger partial charge in [0, 0.05) is 12.6 Å². The minimum Gasteiger partial charge on any atom is -0.435 e. The van der Waals surface area contributed by atoms with Gasteiger partial charge in [0.05, 0.1) is 4.75 Å². The third-order valence-corrected chi connectivity index (χ3v) is 5.32. The molecule has 0 aliphatic carbocycles. The first-order valence-electron chi connectivity index (χ1n) is 7.02. The molecule has 0 amide bonds. The van der Waals surface area contributed by atoms with E-state index in [1.807, 2.05) is 31.1 Å². The molecule has 1 saturated heterocycles. The third kappa shape index (κ3) is 4.01. The molecule has 0 aromatic heterocycles. The van der Waals surface area contributed by atoms with Crippen LogP contribution >= 0.6 is 0 Å². The maximum Gasteiger partial charge on any atom is 0.387 e. The lowest BCUT2D eigenvalue weighted by Gasteiger charge is -2.30. The lowest BCUT2D eigenvalue weighted by atomic mass is 10.1. The highest BCUT2D eigenvalue weighted by molar-refractivity contribution is 7.84. The summed E-state index contributed by atoms with van der Waals surface area (Å²) in [5.41, 5.74) is 0.878. The molecule has 0 saturated carbocycles. The first-order chi connectivity index (χ1) is 9.79. The van der Waals surface area contributed by atoms with Crippen LogP contribution in [0.5, 0.6) is 5.75 Å². The zero-order chi connectivity index (χ0) is 15.6. The quantitative estimate of drug-likeness (QED) is 0.843. The van der Waals surface area contributed by atoms with Crippen molar-refractivity contribution >= 4 is 11.0 Å². The van der Waals surface area contributed by atoms with Gasteiger partial charge in [-0.1, -0.05) is 12.1 Å². The van der Waals surface area contributed by atoms with Crippen molar-refractivity contribution in [2.45, 2.75) is 51.0 Å². The number of rotatable bonds is 4. The van der Waals surface area contributed by atoms with E-state index < -0.39 is 17.6 Å². The van der Waals surface area contributed by atoms with Gasteiger partial charge in [0.1, 0.15) is 16.7 Å². The molecule has 0 N–H and O–H groups in total. The molecule has 0 unspecified atom stereocenters. The fourth-order valence-electron chi connectivity index (χ4n) is 2.52. The number of hydrogen-bond acceptors (Lipinski definition) is 2. The number of alkyl halides is 2. The van der Waals surface area contributed by atoms with Crippen LogP contribution in [0.1, 0.15) is 45.2 Å². The molecule has 1 fully saturated rings. The Bertz CT molecular complexity index is 517. The van der Waals surface area contributed by atoms with Crippen LogP contribution < -0.4 is 4.74 Å². The average molecular weight is 317 g/mol. The molecule has 1 aromatic carbocycles. The Labute approximate surface area is 126 Å². The number of hydrogen-bond donors (Lipinski definition) is 0. The maximum atomic E-state index is 12.6. The normalized spacial score (nSPS) is 21.7. The Morgan fingerprint density at radius 1 is 1.38 bits per heavy atom. The van der Waals surface area contributed by atoms with E-state index in [0.717, 1.165) is 24.9 Å². The molecule has 3 nitrogen and oxygen atoms in total. The fraction of sp³-hybridized carbons (Fsp3) is 0.600. The second kappa shape index (κ2) is 6.40. The van der Waals surface area contributed by atoms with Crippen LogP contribution in [0.25, 0.3) is 0 Å². The van der Waals surface area contributed by atoms with Gasteiger partial charge in [0.15, 0.2) is 0 Å². The number of benzene rings is 1. The molecule has 0 radical (unpaired) electrons. The van der Waals surface area contributed by atoms with Gasteiger partial charge in [-0.25, -0.2) is 8.51 Å². The summed E-state index contributed by atoms with van der Waals surface area (Å²) >= 11 is 0. The van der Waals surface area contributed by atoms with Crippen molar-refractivity contribution in [3.63, 3.8) is 0 Å². The molecule has 0 bridgehead atoms. The van der Waals surface area contributed by atoms with Crippen molar-refractivity contribution < 1.29 is 17.7 Å². The summed E-state index contributed by atoms with van der Waals surface area (Å²) < 4.78 is 43.3. The SMILES string of the molecule is CC(C)(C)[S@](=O)N1CCC[C@@H]1c1cccc(OC(F)F)c1. The highest BCUT2D eigenvalue weighted by atomic mass is 32.2. The van der Waals surface area contributed by atoms with E-state index in [4.69, 9.17) is 0 Å². The predicted octanol–water partition coefficient (Wildman–Crippen LogP) is 3.89. The summed E-state index contributed by atoms with van der Waals surface area (Å²) in [6, 6.07) is 6.70. The highest BCUT2D eigenvalue weighted by Gasteiger charge is 2.35. The van der Waals surface area contributed by atoms with Crippen molar-refractivity contribution in [2.75, 3.05) is 6.54 Å². The van der Waals surface area contributed by atoms with E-state index in [-0.39, 0.29) is 16.5 Å². The molecule has 2 rings (SSSR count). The molecule has 21 heavy (non-hydrogen) atoms. The summed E-state index contributed by atoms with van der Waals surface area (Å²) in [5, 5.41) is 0. The molecule has 6 heteroatoms. The van der Waals surface area contributed by atoms with E-state index in [0.29, 0.717) is 0 Å². The topological polar surface area (TPSA) is 29.5 Å². The van der Waals surface area contributed by atoms with Gasteiger partial charge in [0.25, 0.3) is 0 Å². The monoisotopic (exact) mass is 317 g/mol. The van der Waals surface area contributed by atoms with Gasteiger partial charge in [-0.2, -0.15) is 8.78 Å². The van der Waals surface area contributed by atoms with Crippen LogP contribution in [0.3, 0.4) is 0 Å². The molecule has 1 aromatic rings. The minimum absolute atomic E-state index is 0.00807. The van der Waals surface area contributed by atoms with Gasteiger partial charge in [-0.05, 0) is 51.3 Å². The largest absolute Gasteiger partial charge is 0.435 e. The zero-order valence-electron chi connectivity index (χ0n) is 12.5. The van der Waals surface area contributed by atoms with Gasteiger partial charge in [0.2, 0.25) is 0 Å². The standard InChI is InChI=1S/C15H21F2NO2S/c1-15(2,3)21(19)18-9-5-8-13(18)11-6-4-7-12(10-11)20-14(16)17/h4,6-7,10,13-14H,5,8-9H2,1-3H3/t13-,21+/m1/s1. The summed E-state index contributed by atoms with van der Waals surface area (Å²) in [6.07, 6.45) is 1.83. The third-order valence-electron chi connectivity index (χ3n) is 3.41. The van der Waals surface area contributed by atoms with Crippen LogP contribution in [0.15, 0.2) is 24.3 Å². The number of ether oxygens (including phenoxy) is 1. The van der Waals surface area contributed by atoms with Gasteiger partial charge in [-0.3, -0.25) is 0 Å². The van der Waals surface area contributed by atoms with Crippen LogP contribution in [-0.4, -0.2) is 26.4 Å². The zero-order valence-corrected chi connectivity index (χ0v) is 13.3. The predicted molar refractivity (Wildman–Crippen MR) is 79.7 cm³/mol. The van der Waals surface area contributed by atoms with Crippen LogP contribution in [-0.2, 0) is 11.0 Å². The van der Waals surface area contributed by atoms with E-state index in [1.165, 1.54) is 6.07 Å². The lowest BCUT2D eigenvalue weighted by molar-refractivity contribution is -0.0499. The minimum atomic E-state index is -2.83. The van der Waals surface area contributed by atoms with Crippen LogP contribution in [0.4, 0.5) is 8.78 Å². The van der Waals surface area contributed by atoms with Gasteiger partial charge >= 0.3 is 6.61 Å². The second-order valence-corrected chi connectivity index (χ2v) is 8.30. The first kappa shape index (κ1) is 16.4. The summed E-state index contributed by atoms with van der Waals surface area (Å²) in [4.78, 5) is 0. The molecule has 1 aliphatic heterocycles. The van der Waals surface area contributed by atoms with Crippen molar-refractivity contribution in [3.05, 3.63) is 29.8 Å². The molecule has 1 aliphatic rings.